The van der Waals surface area contributed by atoms with Crippen LogP contribution < -0.4 is 0 Å². The van der Waals surface area contributed by atoms with Crippen LogP contribution in [-0.4, -0.2) is 37.2 Å². The molecule has 6 nitrogen and oxygen atoms in total. The fourth-order valence-electron chi connectivity index (χ4n) is 8.28. The highest BCUT2D eigenvalue weighted by atomic mass is 16.6. The van der Waals surface area contributed by atoms with Gasteiger partial charge in [-0.1, -0.05) is 246 Å². The van der Waals surface area contributed by atoms with E-state index in [0.717, 1.165) is 103 Å². The fourth-order valence-corrected chi connectivity index (χ4v) is 8.28. The topological polar surface area (TPSA) is 78.9 Å². The van der Waals surface area contributed by atoms with Gasteiger partial charge in [0.05, 0.1) is 0 Å². The van der Waals surface area contributed by atoms with Gasteiger partial charge in [0.1, 0.15) is 13.2 Å². The molecule has 0 heterocycles. The maximum atomic E-state index is 12.9. The molecule has 0 spiro atoms. The Labute approximate surface area is 445 Å². The molecule has 1 unspecified atom stereocenters. The molecule has 0 aliphatic rings. The maximum absolute atomic E-state index is 12.9. The monoisotopic (exact) mass is 1000 g/mol. The summed E-state index contributed by atoms with van der Waals surface area (Å²) in [5.74, 6) is -0.932. The van der Waals surface area contributed by atoms with Gasteiger partial charge in [0.15, 0.2) is 6.10 Å². The first-order valence-corrected chi connectivity index (χ1v) is 30.3. The lowest BCUT2D eigenvalue weighted by Crippen LogP contribution is -2.30. The van der Waals surface area contributed by atoms with E-state index in [9.17, 15) is 14.4 Å². The van der Waals surface area contributed by atoms with Crippen LogP contribution in [0, 0.1) is 0 Å². The van der Waals surface area contributed by atoms with E-state index in [-0.39, 0.29) is 31.1 Å². The standard InChI is InChI=1S/C66H112O6/c1-4-7-10-13-16-19-22-25-28-31-33-35-38-41-44-47-50-53-56-59-65(68)71-62-63(61-70-64(67)58-55-52-49-46-43-40-37-30-27-24-21-18-15-12-9-6-3)72-66(69)60-57-54-51-48-45-42-39-36-34-32-29-26-23-20-17-14-11-8-5-2/h7,10,16-17,19-20,23,25-26,28,30,33,35,37,41,44,63H,4-6,8-9,11-15,18,21-22,24,27,29,31-32,34,36,38-40,42-43,45-62H2,1-3H3/b10-7-,19-16-,20-17-,26-23-,28-25-,35-33-,37-30-,44-41-. The molecule has 0 aliphatic carbocycles. The number of rotatable bonds is 54. The Morgan fingerprint density at radius 1 is 0.306 bits per heavy atom. The van der Waals surface area contributed by atoms with Gasteiger partial charge in [-0.25, -0.2) is 0 Å². The van der Waals surface area contributed by atoms with Gasteiger partial charge in [-0.3, -0.25) is 14.4 Å². The van der Waals surface area contributed by atoms with Crippen LogP contribution in [0.3, 0.4) is 0 Å². The van der Waals surface area contributed by atoms with Crippen LogP contribution in [0.1, 0.15) is 284 Å². The van der Waals surface area contributed by atoms with Crippen LogP contribution in [0.15, 0.2) is 97.2 Å². The molecule has 0 bridgehead atoms. The molecule has 0 rings (SSSR count). The predicted molar refractivity (Wildman–Crippen MR) is 311 cm³/mol. The zero-order valence-electron chi connectivity index (χ0n) is 47.2. The Balaban J connectivity index is 4.46. The van der Waals surface area contributed by atoms with Gasteiger partial charge in [0.2, 0.25) is 0 Å². The number of allylic oxidation sites excluding steroid dienone is 16. The lowest BCUT2D eigenvalue weighted by molar-refractivity contribution is -0.167. The quantitative estimate of drug-likeness (QED) is 0.0199. The summed E-state index contributed by atoms with van der Waals surface area (Å²) in [6.45, 7) is 6.48. The third kappa shape index (κ3) is 57.2. The number of hydrogen-bond donors (Lipinski definition) is 0. The SMILES string of the molecule is CC/C=C\C/C=C\C/C=C\C/C=C\C/C=C\CCCCCC(=O)OCC(COC(=O)CCCCCCC/C=C\CCCCCCCCC)OC(=O)CCCCCCCCCCCC/C=C\C=C/CCCCC. The van der Waals surface area contributed by atoms with Crippen LogP contribution in [0.4, 0.5) is 0 Å². The number of esters is 3. The zero-order chi connectivity index (χ0) is 52.2. The molecular formula is C66H112O6. The summed E-state index contributed by atoms with van der Waals surface area (Å²) >= 11 is 0. The molecule has 412 valence electrons. The normalized spacial score (nSPS) is 12.8. The highest BCUT2D eigenvalue weighted by Crippen LogP contribution is 2.15. The Kier molecular flexibility index (Phi) is 56.8. The minimum absolute atomic E-state index is 0.0937. The number of unbranched alkanes of at least 4 members (excludes halogenated alkanes) is 28. The van der Waals surface area contributed by atoms with Crippen molar-refractivity contribution in [1.82, 2.24) is 0 Å². The third-order valence-electron chi connectivity index (χ3n) is 12.8. The van der Waals surface area contributed by atoms with E-state index >= 15 is 0 Å². The molecule has 0 saturated heterocycles. The summed E-state index contributed by atoms with van der Waals surface area (Å²) in [5, 5.41) is 0. The summed E-state index contributed by atoms with van der Waals surface area (Å²) in [6, 6.07) is 0. The first kappa shape index (κ1) is 68.3. The van der Waals surface area contributed by atoms with Crippen molar-refractivity contribution in [3.8, 4) is 0 Å². The molecule has 0 N–H and O–H groups in total. The zero-order valence-corrected chi connectivity index (χ0v) is 47.2. The lowest BCUT2D eigenvalue weighted by atomic mass is 10.1. The Morgan fingerprint density at radius 2 is 0.583 bits per heavy atom. The molecule has 0 aliphatic heterocycles. The smallest absolute Gasteiger partial charge is 0.306 e. The average molecular weight is 1000 g/mol. The third-order valence-corrected chi connectivity index (χ3v) is 12.8. The maximum Gasteiger partial charge on any atom is 0.306 e. The van der Waals surface area contributed by atoms with Crippen LogP contribution >= 0.6 is 0 Å². The van der Waals surface area contributed by atoms with Crippen molar-refractivity contribution in [2.24, 2.45) is 0 Å². The lowest BCUT2D eigenvalue weighted by Gasteiger charge is -2.18. The van der Waals surface area contributed by atoms with E-state index in [1.54, 1.807) is 0 Å². The van der Waals surface area contributed by atoms with Gasteiger partial charge in [-0.15, -0.1) is 0 Å². The van der Waals surface area contributed by atoms with Gasteiger partial charge in [-0.05, 0) is 116 Å². The van der Waals surface area contributed by atoms with Gasteiger partial charge >= 0.3 is 17.9 Å². The first-order valence-electron chi connectivity index (χ1n) is 30.3. The highest BCUT2D eigenvalue weighted by molar-refractivity contribution is 5.71. The molecule has 0 aromatic carbocycles. The average Bonchev–Trinajstić information content (AvgIpc) is 3.38. The number of carbonyl (C=O) groups is 3. The van der Waals surface area contributed by atoms with Crippen molar-refractivity contribution in [3.63, 3.8) is 0 Å². The second kappa shape index (κ2) is 59.9. The van der Waals surface area contributed by atoms with E-state index in [2.05, 4.69) is 118 Å². The molecule has 0 aromatic rings. The summed E-state index contributed by atoms with van der Waals surface area (Å²) in [5.41, 5.74) is 0. The van der Waals surface area contributed by atoms with Crippen molar-refractivity contribution in [2.45, 2.75) is 290 Å². The largest absolute Gasteiger partial charge is 0.462 e. The molecule has 72 heavy (non-hydrogen) atoms. The minimum atomic E-state index is -0.798. The summed E-state index contributed by atoms with van der Waals surface area (Å²) in [4.78, 5) is 38.3. The first-order chi connectivity index (χ1) is 35.5. The predicted octanol–water partition coefficient (Wildman–Crippen LogP) is 20.5. The highest BCUT2D eigenvalue weighted by Gasteiger charge is 2.19. The second-order valence-electron chi connectivity index (χ2n) is 19.9. The van der Waals surface area contributed by atoms with Crippen LogP contribution in [0.5, 0.6) is 0 Å². The molecule has 1 atom stereocenters. The Hall–Kier alpha value is -3.67. The van der Waals surface area contributed by atoms with Gasteiger partial charge < -0.3 is 14.2 Å². The van der Waals surface area contributed by atoms with Crippen molar-refractivity contribution in [1.29, 1.82) is 0 Å². The molecule has 0 amide bonds. The molecule has 6 heteroatoms. The van der Waals surface area contributed by atoms with Gasteiger partial charge in [0.25, 0.3) is 0 Å². The molecule has 0 saturated carbocycles. The molecular weight excluding hydrogens is 889 g/mol. The second-order valence-corrected chi connectivity index (χ2v) is 19.9. The molecule has 0 radical (unpaired) electrons. The number of hydrogen-bond acceptors (Lipinski definition) is 6. The van der Waals surface area contributed by atoms with Gasteiger partial charge in [0, 0.05) is 19.3 Å². The van der Waals surface area contributed by atoms with Crippen LogP contribution in [0.2, 0.25) is 0 Å². The van der Waals surface area contributed by atoms with E-state index < -0.39 is 6.10 Å². The Morgan fingerprint density at radius 3 is 0.986 bits per heavy atom. The fraction of sp³-hybridized carbons (Fsp3) is 0.712. The van der Waals surface area contributed by atoms with Crippen LogP contribution in [0.25, 0.3) is 0 Å². The number of carbonyl (C=O) groups excluding carboxylic acids is 3. The summed E-state index contributed by atoms with van der Waals surface area (Å²) in [6.07, 6.45) is 79.7. The van der Waals surface area contributed by atoms with E-state index in [1.807, 2.05) is 0 Å². The van der Waals surface area contributed by atoms with Crippen molar-refractivity contribution in [2.75, 3.05) is 13.2 Å². The van der Waals surface area contributed by atoms with Crippen molar-refractivity contribution < 1.29 is 28.6 Å². The minimum Gasteiger partial charge on any atom is -0.462 e. The van der Waals surface area contributed by atoms with Gasteiger partial charge in [-0.2, -0.15) is 0 Å². The summed E-state index contributed by atoms with van der Waals surface area (Å²) in [7, 11) is 0. The number of ether oxygens (including phenoxy) is 3. The van der Waals surface area contributed by atoms with E-state index in [4.69, 9.17) is 14.2 Å². The molecule has 0 fully saturated rings. The van der Waals surface area contributed by atoms with E-state index in [0.29, 0.717) is 19.3 Å². The van der Waals surface area contributed by atoms with Crippen LogP contribution in [-0.2, 0) is 28.6 Å². The van der Waals surface area contributed by atoms with Crippen molar-refractivity contribution >= 4 is 17.9 Å². The summed E-state index contributed by atoms with van der Waals surface area (Å²) < 4.78 is 16.9. The molecule has 0 aromatic heterocycles. The Bertz CT molecular complexity index is 1430. The van der Waals surface area contributed by atoms with Crippen molar-refractivity contribution in [3.05, 3.63) is 97.2 Å². The van der Waals surface area contributed by atoms with E-state index in [1.165, 1.54) is 141 Å².